The maximum atomic E-state index is 12.4. The Kier molecular flexibility index (Phi) is 6.09. The van der Waals surface area contributed by atoms with E-state index in [1.54, 1.807) is 22.4 Å². The maximum absolute atomic E-state index is 12.4. The van der Waals surface area contributed by atoms with Gasteiger partial charge in [-0.3, -0.25) is 14.4 Å². The van der Waals surface area contributed by atoms with Gasteiger partial charge in [-0.05, 0) is 24.3 Å². The molecule has 2 amide bonds. The van der Waals surface area contributed by atoms with Crippen molar-refractivity contribution in [3.8, 4) is 0 Å². The Morgan fingerprint density at radius 3 is 2.45 bits per heavy atom. The minimum absolute atomic E-state index is 0.316. The third-order valence-electron chi connectivity index (χ3n) is 3.65. The van der Waals surface area contributed by atoms with Crippen LogP contribution < -0.4 is 5.32 Å². The molecule has 1 aliphatic heterocycles. The van der Waals surface area contributed by atoms with Crippen LogP contribution in [0.2, 0.25) is 0 Å². The zero-order valence-corrected chi connectivity index (χ0v) is 13.1. The summed E-state index contributed by atoms with van der Waals surface area (Å²) in [4.78, 5) is 38.2. The standard InChI is InChI=1S/C15H20N2O4S/c18-10-11(15(21)17-7-3-1-2-4-8-17)16-14(20)13(19)12-6-5-9-22-12/h5-6,9,11,18H,1-4,7-8,10H2,(H,16,20)/t11-/m0/s1. The molecule has 1 aromatic heterocycles. The van der Waals surface area contributed by atoms with Crippen molar-refractivity contribution in [2.24, 2.45) is 0 Å². The zero-order chi connectivity index (χ0) is 15.9. The number of hydrogen-bond acceptors (Lipinski definition) is 5. The molecule has 1 fully saturated rings. The molecule has 2 N–H and O–H groups in total. The highest BCUT2D eigenvalue weighted by molar-refractivity contribution is 7.13. The number of nitrogens with zero attached hydrogens (tertiary/aromatic N) is 1. The molecule has 0 aromatic carbocycles. The van der Waals surface area contributed by atoms with Crippen LogP contribution in [0.25, 0.3) is 0 Å². The number of amides is 2. The zero-order valence-electron chi connectivity index (χ0n) is 12.3. The van der Waals surface area contributed by atoms with Crippen molar-refractivity contribution >= 4 is 28.9 Å². The Hall–Kier alpha value is -1.73. The number of aliphatic hydroxyl groups excluding tert-OH is 1. The lowest BCUT2D eigenvalue weighted by molar-refractivity contribution is -0.136. The SMILES string of the molecule is O=C(N[C@@H](CO)C(=O)N1CCCCCC1)C(=O)c1cccs1. The molecule has 6 nitrogen and oxygen atoms in total. The summed E-state index contributed by atoms with van der Waals surface area (Å²) >= 11 is 1.17. The highest BCUT2D eigenvalue weighted by atomic mass is 32.1. The molecule has 2 heterocycles. The molecule has 1 aliphatic rings. The molecule has 0 unspecified atom stereocenters. The molecule has 0 radical (unpaired) electrons. The number of ketones is 1. The van der Waals surface area contributed by atoms with Crippen LogP contribution >= 0.6 is 11.3 Å². The van der Waals surface area contributed by atoms with E-state index in [-0.39, 0.29) is 5.91 Å². The van der Waals surface area contributed by atoms with Crippen molar-refractivity contribution in [2.75, 3.05) is 19.7 Å². The number of carbonyl (C=O) groups is 3. The first-order valence-corrected chi connectivity index (χ1v) is 8.30. The minimum Gasteiger partial charge on any atom is -0.394 e. The van der Waals surface area contributed by atoms with Gasteiger partial charge in [-0.25, -0.2) is 0 Å². The third-order valence-corrected chi connectivity index (χ3v) is 4.52. The molecule has 0 aliphatic carbocycles. The molecular formula is C15H20N2O4S. The van der Waals surface area contributed by atoms with Gasteiger partial charge in [-0.1, -0.05) is 18.9 Å². The van der Waals surface area contributed by atoms with Crippen molar-refractivity contribution in [3.63, 3.8) is 0 Å². The quantitative estimate of drug-likeness (QED) is 0.620. The fourth-order valence-corrected chi connectivity index (χ4v) is 3.10. The van der Waals surface area contributed by atoms with Crippen LogP contribution in [0, 0.1) is 0 Å². The lowest BCUT2D eigenvalue weighted by Gasteiger charge is -2.25. The van der Waals surface area contributed by atoms with Gasteiger partial charge in [0.15, 0.2) is 0 Å². The first-order chi connectivity index (χ1) is 10.6. The number of aliphatic hydroxyl groups is 1. The van der Waals surface area contributed by atoms with E-state index in [9.17, 15) is 19.5 Å². The van der Waals surface area contributed by atoms with Gasteiger partial charge in [-0.2, -0.15) is 0 Å². The van der Waals surface area contributed by atoms with Crippen molar-refractivity contribution in [1.82, 2.24) is 10.2 Å². The summed E-state index contributed by atoms with van der Waals surface area (Å²) in [5.74, 6) is -1.86. The second kappa shape index (κ2) is 8.05. The monoisotopic (exact) mass is 324 g/mol. The number of hydrogen-bond donors (Lipinski definition) is 2. The Balaban J connectivity index is 1.97. The van der Waals surface area contributed by atoms with Crippen LogP contribution in [0.4, 0.5) is 0 Å². The molecule has 0 bridgehead atoms. The van der Waals surface area contributed by atoms with Gasteiger partial charge in [0.05, 0.1) is 11.5 Å². The summed E-state index contributed by atoms with van der Waals surface area (Å²) in [6.07, 6.45) is 4.01. The molecule has 2 rings (SSSR count). The van der Waals surface area contributed by atoms with Crippen LogP contribution in [0.3, 0.4) is 0 Å². The summed E-state index contributed by atoms with van der Waals surface area (Å²) in [5, 5.41) is 13.4. The molecule has 7 heteroatoms. The Bertz CT molecular complexity index is 522. The second-order valence-electron chi connectivity index (χ2n) is 5.25. The molecule has 120 valence electrons. The average Bonchev–Trinajstić information content (AvgIpc) is 2.93. The lowest BCUT2D eigenvalue weighted by atomic mass is 10.2. The third kappa shape index (κ3) is 4.14. The number of nitrogens with one attached hydrogen (secondary N) is 1. The van der Waals surface area contributed by atoms with E-state index in [4.69, 9.17) is 0 Å². The van der Waals surface area contributed by atoms with E-state index < -0.39 is 24.3 Å². The Morgan fingerprint density at radius 1 is 1.23 bits per heavy atom. The topological polar surface area (TPSA) is 86.7 Å². The van der Waals surface area contributed by atoms with Crippen LogP contribution in [0.1, 0.15) is 35.4 Å². The molecular weight excluding hydrogens is 304 g/mol. The first-order valence-electron chi connectivity index (χ1n) is 7.42. The molecule has 1 atom stereocenters. The van der Waals surface area contributed by atoms with E-state index in [0.717, 1.165) is 25.7 Å². The van der Waals surface area contributed by atoms with Gasteiger partial charge >= 0.3 is 0 Å². The van der Waals surface area contributed by atoms with Gasteiger partial charge in [-0.15, -0.1) is 11.3 Å². The van der Waals surface area contributed by atoms with Crippen molar-refractivity contribution in [2.45, 2.75) is 31.7 Å². The van der Waals surface area contributed by atoms with E-state index in [2.05, 4.69) is 5.32 Å². The molecule has 1 saturated heterocycles. The molecule has 0 saturated carbocycles. The molecule has 0 spiro atoms. The predicted octanol–water partition coefficient (Wildman–Crippen LogP) is 0.810. The normalized spacial score (nSPS) is 16.7. The lowest BCUT2D eigenvalue weighted by Crippen LogP contribution is -2.52. The highest BCUT2D eigenvalue weighted by Crippen LogP contribution is 2.12. The molecule has 1 aromatic rings. The van der Waals surface area contributed by atoms with E-state index >= 15 is 0 Å². The van der Waals surface area contributed by atoms with Gasteiger partial charge in [0, 0.05) is 13.1 Å². The van der Waals surface area contributed by atoms with Gasteiger partial charge < -0.3 is 15.3 Å². The summed E-state index contributed by atoms with van der Waals surface area (Å²) in [5.41, 5.74) is 0. The van der Waals surface area contributed by atoms with Crippen molar-refractivity contribution in [1.29, 1.82) is 0 Å². The van der Waals surface area contributed by atoms with E-state index in [1.165, 1.54) is 11.3 Å². The first kappa shape index (κ1) is 16.6. The van der Waals surface area contributed by atoms with E-state index in [1.807, 2.05) is 0 Å². The summed E-state index contributed by atoms with van der Waals surface area (Å²) in [6.45, 7) is 0.743. The summed E-state index contributed by atoms with van der Waals surface area (Å²) in [6, 6.07) is 2.17. The number of carbonyl (C=O) groups excluding carboxylic acids is 3. The number of Topliss-reactive ketones (excluding diaryl/α,β-unsaturated/α-hetero) is 1. The van der Waals surface area contributed by atoms with Crippen LogP contribution in [-0.4, -0.2) is 53.3 Å². The van der Waals surface area contributed by atoms with Crippen LogP contribution in [-0.2, 0) is 9.59 Å². The average molecular weight is 324 g/mol. The van der Waals surface area contributed by atoms with Gasteiger partial charge in [0.2, 0.25) is 5.91 Å². The predicted molar refractivity (Wildman–Crippen MR) is 82.7 cm³/mol. The number of thiophene rings is 1. The smallest absolute Gasteiger partial charge is 0.293 e. The highest BCUT2D eigenvalue weighted by Gasteiger charge is 2.28. The van der Waals surface area contributed by atoms with Crippen LogP contribution in [0.15, 0.2) is 17.5 Å². The van der Waals surface area contributed by atoms with Crippen molar-refractivity contribution < 1.29 is 19.5 Å². The second-order valence-corrected chi connectivity index (χ2v) is 6.20. The fraction of sp³-hybridized carbons (Fsp3) is 0.533. The Labute approximate surface area is 133 Å². The number of likely N-dealkylation sites (tertiary alicyclic amines) is 1. The van der Waals surface area contributed by atoms with Crippen molar-refractivity contribution in [3.05, 3.63) is 22.4 Å². The van der Waals surface area contributed by atoms with Gasteiger partial charge in [0.25, 0.3) is 11.7 Å². The Morgan fingerprint density at radius 2 is 1.91 bits per heavy atom. The maximum Gasteiger partial charge on any atom is 0.293 e. The minimum atomic E-state index is -1.06. The number of rotatable bonds is 5. The summed E-state index contributed by atoms with van der Waals surface area (Å²) < 4.78 is 0. The molecule has 22 heavy (non-hydrogen) atoms. The van der Waals surface area contributed by atoms with E-state index in [0.29, 0.717) is 18.0 Å². The van der Waals surface area contributed by atoms with Crippen LogP contribution in [0.5, 0.6) is 0 Å². The fourth-order valence-electron chi connectivity index (χ4n) is 2.44. The largest absolute Gasteiger partial charge is 0.394 e. The van der Waals surface area contributed by atoms with Gasteiger partial charge in [0.1, 0.15) is 6.04 Å². The summed E-state index contributed by atoms with van der Waals surface area (Å²) in [7, 11) is 0.